The van der Waals surface area contributed by atoms with Gasteiger partial charge in [0.1, 0.15) is 5.75 Å². The summed E-state index contributed by atoms with van der Waals surface area (Å²) >= 11 is 0. The molecule has 6 nitrogen and oxygen atoms in total. The van der Waals surface area contributed by atoms with E-state index in [0.29, 0.717) is 23.6 Å². The molecule has 0 atom stereocenters. The molecule has 0 amide bonds. The smallest absolute Gasteiger partial charge is 0.336 e. The fourth-order valence-electron chi connectivity index (χ4n) is 1.89. The predicted octanol–water partition coefficient (Wildman–Crippen LogP) is 2.06. The van der Waals surface area contributed by atoms with Crippen LogP contribution in [0.2, 0.25) is 0 Å². The second kappa shape index (κ2) is 5.51. The zero-order chi connectivity index (χ0) is 13.8. The van der Waals surface area contributed by atoms with Gasteiger partial charge in [-0.3, -0.25) is 0 Å². The van der Waals surface area contributed by atoms with Crippen molar-refractivity contribution in [1.29, 1.82) is 0 Å². The number of carbonyl (C=O) groups is 1. The number of aromatic nitrogens is 3. The lowest BCUT2D eigenvalue weighted by Gasteiger charge is -2.09. The molecule has 0 saturated carbocycles. The van der Waals surface area contributed by atoms with E-state index in [9.17, 15) is 9.90 Å². The molecule has 6 heteroatoms. The van der Waals surface area contributed by atoms with Crippen molar-refractivity contribution in [2.24, 2.45) is 0 Å². The molecule has 0 saturated heterocycles. The highest BCUT2D eigenvalue weighted by atomic mass is 16.5. The Morgan fingerprint density at radius 2 is 2.26 bits per heavy atom. The van der Waals surface area contributed by atoms with Crippen LogP contribution in [-0.2, 0) is 6.54 Å². The molecule has 0 unspecified atom stereocenters. The summed E-state index contributed by atoms with van der Waals surface area (Å²) in [5.74, 6) is -0.492. The van der Waals surface area contributed by atoms with Crippen molar-refractivity contribution >= 4 is 5.97 Å². The average Bonchev–Trinajstić information content (AvgIpc) is 2.86. The van der Waals surface area contributed by atoms with Gasteiger partial charge in [0.25, 0.3) is 0 Å². The van der Waals surface area contributed by atoms with Crippen LogP contribution in [0, 0.1) is 0 Å². The predicted molar refractivity (Wildman–Crippen MR) is 69.3 cm³/mol. The van der Waals surface area contributed by atoms with E-state index in [-0.39, 0.29) is 5.56 Å². The molecule has 1 N–H and O–H groups in total. The monoisotopic (exact) mass is 261 g/mol. The Labute approximate surface area is 110 Å². The van der Waals surface area contributed by atoms with Gasteiger partial charge in [-0.15, -0.1) is 5.10 Å². The molecule has 1 heterocycles. The SMILES string of the molecule is CCCn1nncc1-c1ccc(OC)cc1C(=O)O. The summed E-state index contributed by atoms with van der Waals surface area (Å²) in [4.78, 5) is 11.3. The van der Waals surface area contributed by atoms with Gasteiger partial charge in [-0.25, -0.2) is 9.48 Å². The minimum absolute atomic E-state index is 0.180. The van der Waals surface area contributed by atoms with Gasteiger partial charge >= 0.3 is 5.97 Å². The van der Waals surface area contributed by atoms with Crippen LogP contribution in [0.15, 0.2) is 24.4 Å². The summed E-state index contributed by atoms with van der Waals surface area (Å²) < 4.78 is 6.76. The van der Waals surface area contributed by atoms with Crippen LogP contribution in [0.5, 0.6) is 5.75 Å². The van der Waals surface area contributed by atoms with Crippen molar-refractivity contribution in [3.05, 3.63) is 30.0 Å². The van der Waals surface area contributed by atoms with Crippen molar-refractivity contribution in [2.45, 2.75) is 19.9 Å². The quantitative estimate of drug-likeness (QED) is 0.891. The third kappa shape index (κ3) is 2.57. The van der Waals surface area contributed by atoms with Crippen molar-refractivity contribution in [3.8, 4) is 17.0 Å². The number of hydrogen-bond donors (Lipinski definition) is 1. The molecule has 0 bridgehead atoms. The molecule has 0 radical (unpaired) electrons. The highest BCUT2D eigenvalue weighted by Crippen LogP contribution is 2.27. The molecule has 2 aromatic rings. The van der Waals surface area contributed by atoms with Crippen molar-refractivity contribution in [3.63, 3.8) is 0 Å². The van der Waals surface area contributed by atoms with Crippen LogP contribution in [0.4, 0.5) is 0 Å². The van der Waals surface area contributed by atoms with E-state index in [2.05, 4.69) is 10.3 Å². The Kier molecular flexibility index (Phi) is 3.79. The second-order valence-electron chi connectivity index (χ2n) is 4.06. The van der Waals surface area contributed by atoms with Crippen LogP contribution in [0.3, 0.4) is 0 Å². The van der Waals surface area contributed by atoms with Crippen LogP contribution in [0.25, 0.3) is 11.3 Å². The molecule has 0 aliphatic rings. The molecule has 0 aliphatic carbocycles. The molecule has 0 aliphatic heterocycles. The number of aryl methyl sites for hydroxylation is 1. The first-order chi connectivity index (χ1) is 9.17. The largest absolute Gasteiger partial charge is 0.497 e. The number of benzene rings is 1. The maximum absolute atomic E-state index is 11.3. The number of methoxy groups -OCH3 is 1. The lowest BCUT2D eigenvalue weighted by Crippen LogP contribution is -2.06. The average molecular weight is 261 g/mol. The highest BCUT2D eigenvalue weighted by Gasteiger charge is 2.16. The molecular weight excluding hydrogens is 246 g/mol. The lowest BCUT2D eigenvalue weighted by atomic mass is 10.0. The molecule has 1 aromatic heterocycles. The normalized spacial score (nSPS) is 10.4. The summed E-state index contributed by atoms with van der Waals surface area (Å²) in [7, 11) is 1.50. The summed E-state index contributed by atoms with van der Waals surface area (Å²) in [6, 6.07) is 4.94. The van der Waals surface area contributed by atoms with Gasteiger partial charge < -0.3 is 9.84 Å². The van der Waals surface area contributed by atoms with Gasteiger partial charge in [0.05, 0.1) is 24.6 Å². The van der Waals surface area contributed by atoms with Gasteiger partial charge in [-0.05, 0) is 24.6 Å². The van der Waals surface area contributed by atoms with Gasteiger partial charge in [0, 0.05) is 12.1 Å². The number of hydrogen-bond acceptors (Lipinski definition) is 4. The van der Waals surface area contributed by atoms with E-state index >= 15 is 0 Å². The molecule has 100 valence electrons. The zero-order valence-electron chi connectivity index (χ0n) is 10.8. The third-order valence-corrected chi connectivity index (χ3v) is 2.79. The number of aromatic carboxylic acids is 1. The second-order valence-corrected chi connectivity index (χ2v) is 4.06. The lowest BCUT2D eigenvalue weighted by molar-refractivity contribution is 0.0697. The van der Waals surface area contributed by atoms with Gasteiger partial charge in [0.2, 0.25) is 0 Å². The van der Waals surface area contributed by atoms with Crippen LogP contribution < -0.4 is 4.74 Å². The van der Waals surface area contributed by atoms with Gasteiger partial charge in [-0.2, -0.15) is 0 Å². The number of nitrogens with zero attached hydrogens (tertiary/aromatic N) is 3. The topological polar surface area (TPSA) is 77.2 Å². The first-order valence-corrected chi connectivity index (χ1v) is 5.97. The third-order valence-electron chi connectivity index (χ3n) is 2.79. The van der Waals surface area contributed by atoms with Crippen LogP contribution in [0.1, 0.15) is 23.7 Å². The minimum atomic E-state index is -1.00. The first kappa shape index (κ1) is 13.1. The highest BCUT2D eigenvalue weighted by molar-refractivity contribution is 5.96. The fourth-order valence-corrected chi connectivity index (χ4v) is 1.89. The number of carboxylic acids is 1. The molecule has 1 aromatic carbocycles. The van der Waals surface area contributed by atoms with Crippen molar-refractivity contribution in [2.75, 3.05) is 7.11 Å². The molecular formula is C13H15N3O3. The molecule has 2 rings (SSSR count). The van der Waals surface area contributed by atoms with E-state index in [0.717, 1.165) is 6.42 Å². The molecule has 19 heavy (non-hydrogen) atoms. The molecule has 0 spiro atoms. The van der Waals surface area contributed by atoms with E-state index in [1.165, 1.54) is 13.2 Å². The fraction of sp³-hybridized carbons (Fsp3) is 0.308. The Morgan fingerprint density at radius 3 is 2.89 bits per heavy atom. The Hall–Kier alpha value is -2.37. The van der Waals surface area contributed by atoms with Crippen LogP contribution in [-0.4, -0.2) is 33.2 Å². The van der Waals surface area contributed by atoms with E-state index < -0.39 is 5.97 Å². The van der Waals surface area contributed by atoms with Crippen LogP contribution >= 0.6 is 0 Å². The Bertz CT molecular complexity index is 593. The van der Waals surface area contributed by atoms with E-state index in [1.807, 2.05) is 6.92 Å². The maximum atomic E-state index is 11.3. The van der Waals surface area contributed by atoms with Crippen molar-refractivity contribution < 1.29 is 14.6 Å². The standard InChI is InChI=1S/C13H15N3O3/c1-3-6-16-12(8-14-15-16)10-5-4-9(19-2)7-11(10)13(17)18/h4-5,7-8H,3,6H2,1-2H3,(H,17,18). The van der Waals surface area contributed by atoms with Gasteiger partial charge in [-0.1, -0.05) is 12.1 Å². The maximum Gasteiger partial charge on any atom is 0.336 e. The summed E-state index contributed by atoms with van der Waals surface area (Å²) in [5, 5.41) is 17.1. The van der Waals surface area contributed by atoms with Gasteiger partial charge in [0.15, 0.2) is 0 Å². The van der Waals surface area contributed by atoms with E-state index in [1.54, 1.807) is 23.0 Å². The molecule has 0 fully saturated rings. The number of carboxylic acid groups (broad SMARTS) is 1. The number of ether oxygens (including phenoxy) is 1. The summed E-state index contributed by atoms with van der Waals surface area (Å²) in [6.45, 7) is 2.72. The number of rotatable bonds is 5. The summed E-state index contributed by atoms with van der Waals surface area (Å²) in [5.41, 5.74) is 1.47. The summed E-state index contributed by atoms with van der Waals surface area (Å²) in [6.07, 6.45) is 2.47. The Balaban J connectivity index is 2.54. The minimum Gasteiger partial charge on any atom is -0.497 e. The first-order valence-electron chi connectivity index (χ1n) is 5.97. The zero-order valence-corrected chi connectivity index (χ0v) is 10.8. The van der Waals surface area contributed by atoms with E-state index in [4.69, 9.17) is 4.74 Å². The van der Waals surface area contributed by atoms with Crippen molar-refractivity contribution in [1.82, 2.24) is 15.0 Å². The Morgan fingerprint density at radius 1 is 1.47 bits per heavy atom.